The van der Waals surface area contributed by atoms with Crippen LogP contribution in [0, 0.1) is 5.92 Å². The van der Waals surface area contributed by atoms with Crippen LogP contribution in [-0.4, -0.2) is 53.4 Å². The molecule has 22 heavy (non-hydrogen) atoms. The summed E-state index contributed by atoms with van der Waals surface area (Å²) in [5.74, 6) is 0.0637. The fourth-order valence-corrected chi connectivity index (χ4v) is 3.77. The zero-order valence-electron chi connectivity index (χ0n) is 13.2. The lowest BCUT2D eigenvalue weighted by molar-refractivity contribution is -0.139. The molecule has 1 fully saturated rings. The number of carbonyl (C=O) groups excluding carboxylic acids is 2. The van der Waals surface area contributed by atoms with Gasteiger partial charge < -0.3 is 9.80 Å². The molecule has 0 aliphatic carbocycles. The summed E-state index contributed by atoms with van der Waals surface area (Å²) in [7, 11) is 3.40. The van der Waals surface area contributed by atoms with E-state index in [1.54, 1.807) is 36.6 Å². The molecule has 0 aromatic carbocycles. The second kappa shape index (κ2) is 5.26. The average Bonchev–Trinajstić information content (AvgIpc) is 2.47. The van der Waals surface area contributed by atoms with Crippen molar-refractivity contribution in [3.05, 3.63) is 34.2 Å². The molecule has 3 atom stereocenters. The molecule has 0 saturated carbocycles. The maximum absolute atomic E-state index is 12.7. The number of piperidine rings is 1. The lowest BCUT2D eigenvalue weighted by Gasteiger charge is -2.46. The van der Waals surface area contributed by atoms with Crippen molar-refractivity contribution in [3.63, 3.8) is 0 Å². The molecule has 6 heteroatoms. The van der Waals surface area contributed by atoms with E-state index in [1.807, 2.05) is 6.07 Å². The third-order valence-corrected chi connectivity index (χ3v) is 4.79. The molecule has 0 unspecified atom stereocenters. The van der Waals surface area contributed by atoms with Gasteiger partial charge in [-0.15, -0.1) is 0 Å². The lowest BCUT2D eigenvalue weighted by atomic mass is 9.78. The monoisotopic (exact) mass is 303 g/mol. The summed E-state index contributed by atoms with van der Waals surface area (Å²) in [6.45, 7) is 2.72. The number of fused-ring (bicyclic) bond motifs is 4. The molecule has 2 bridgehead atoms. The van der Waals surface area contributed by atoms with E-state index in [0.717, 1.165) is 12.1 Å². The first-order chi connectivity index (χ1) is 10.4. The third-order valence-electron chi connectivity index (χ3n) is 4.79. The number of amides is 2. The zero-order chi connectivity index (χ0) is 16.0. The van der Waals surface area contributed by atoms with E-state index in [0.29, 0.717) is 13.1 Å². The van der Waals surface area contributed by atoms with Crippen LogP contribution in [0.3, 0.4) is 0 Å². The van der Waals surface area contributed by atoms with Gasteiger partial charge in [0.15, 0.2) is 0 Å². The summed E-state index contributed by atoms with van der Waals surface area (Å²) in [6, 6.07) is 4.63. The first-order valence-corrected chi connectivity index (χ1v) is 7.58. The Kier molecular flexibility index (Phi) is 3.54. The Balaban J connectivity index is 2.13. The number of pyridine rings is 1. The van der Waals surface area contributed by atoms with Crippen LogP contribution in [0.5, 0.6) is 0 Å². The Bertz CT molecular complexity index is 679. The maximum Gasteiger partial charge on any atom is 0.251 e. The molecule has 0 radical (unpaired) electrons. The minimum absolute atomic E-state index is 0.00912. The van der Waals surface area contributed by atoms with Crippen molar-refractivity contribution in [1.82, 2.24) is 14.4 Å². The summed E-state index contributed by atoms with van der Waals surface area (Å²) in [5, 5.41) is 0. The van der Waals surface area contributed by atoms with Crippen LogP contribution in [0.15, 0.2) is 23.0 Å². The van der Waals surface area contributed by atoms with Gasteiger partial charge in [0, 0.05) is 57.7 Å². The molecule has 3 heterocycles. The van der Waals surface area contributed by atoms with Gasteiger partial charge in [-0.25, -0.2) is 0 Å². The molecular formula is C16H21N3O3. The Morgan fingerprint density at radius 3 is 2.59 bits per heavy atom. The molecule has 118 valence electrons. The van der Waals surface area contributed by atoms with E-state index in [9.17, 15) is 14.4 Å². The summed E-state index contributed by atoms with van der Waals surface area (Å²) in [6.07, 6.45) is 0.845. The number of rotatable bonds is 1. The van der Waals surface area contributed by atoms with Crippen molar-refractivity contribution in [2.24, 2.45) is 5.92 Å². The van der Waals surface area contributed by atoms with Gasteiger partial charge in [0.25, 0.3) is 5.56 Å². The van der Waals surface area contributed by atoms with Crippen LogP contribution in [0.2, 0.25) is 0 Å². The fraction of sp³-hybridized carbons (Fsp3) is 0.562. The largest absolute Gasteiger partial charge is 0.347 e. The van der Waals surface area contributed by atoms with Crippen LogP contribution in [-0.2, 0) is 9.59 Å². The Morgan fingerprint density at radius 2 is 1.95 bits per heavy atom. The zero-order valence-corrected chi connectivity index (χ0v) is 13.2. The van der Waals surface area contributed by atoms with Crippen LogP contribution in [0.4, 0.5) is 0 Å². The van der Waals surface area contributed by atoms with Crippen molar-refractivity contribution in [2.75, 3.05) is 27.2 Å². The van der Waals surface area contributed by atoms with Gasteiger partial charge >= 0.3 is 0 Å². The highest BCUT2D eigenvalue weighted by Gasteiger charge is 2.44. The summed E-state index contributed by atoms with van der Waals surface area (Å²) < 4.78 is 1.65. The second-order valence-electron chi connectivity index (χ2n) is 6.45. The van der Waals surface area contributed by atoms with Gasteiger partial charge in [-0.3, -0.25) is 19.0 Å². The molecular weight excluding hydrogens is 282 g/mol. The number of nitrogens with zero attached hydrogens (tertiary/aromatic N) is 3. The molecule has 2 aliphatic heterocycles. The smallest absolute Gasteiger partial charge is 0.251 e. The number of carbonyl (C=O) groups is 2. The SMILES string of the molecule is CC(=O)N1C[C@H]2C[C@@H](C1)[C@H](C(=O)N(C)C)n1c2cccc1=O. The third kappa shape index (κ3) is 2.23. The van der Waals surface area contributed by atoms with Crippen molar-refractivity contribution < 1.29 is 9.59 Å². The van der Waals surface area contributed by atoms with Gasteiger partial charge in [-0.2, -0.15) is 0 Å². The highest BCUT2D eigenvalue weighted by Crippen LogP contribution is 2.41. The van der Waals surface area contributed by atoms with E-state index in [2.05, 4.69) is 0 Å². The lowest BCUT2D eigenvalue weighted by Crippen LogP contribution is -2.54. The molecule has 1 saturated heterocycles. The summed E-state index contributed by atoms with van der Waals surface area (Å²) in [4.78, 5) is 40.1. The normalized spacial score (nSPS) is 26.3. The first-order valence-electron chi connectivity index (χ1n) is 7.58. The molecule has 0 N–H and O–H groups in total. The second-order valence-corrected chi connectivity index (χ2v) is 6.45. The molecule has 3 rings (SSSR count). The predicted octanol–water partition coefficient (Wildman–Crippen LogP) is 0.443. The highest BCUT2D eigenvalue weighted by molar-refractivity contribution is 5.81. The van der Waals surface area contributed by atoms with Gasteiger partial charge in [0.1, 0.15) is 6.04 Å². The van der Waals surface area contributed by atoms with Crippen molar-refractivity contribution in [3.8, 4) is 0 Å². The van der Waals surface area contributed by atoms with E-state index in [4.69, 9.17) is 0 Å². The summed E-state index contributed by atoms with van der Waals surface area (Å²) >= 11 is 0. The highest BCUT2D eigenvalue weighted by atomic mass is 16.2. The minimum Gasteiger partial charge on any atom is -0.347 e. The number of likely N-dealkylation sites (N-methyl/N-ethyl adjacent to an activating group) is 1. The Labute approximate surface area is 129 Å². The molecule has 2 aliphatic rings. The van der Waals surface area contributed by atoms with E-state index in [1.165, 1.54) is 11.0 Å². The van der Waals surface area contributed by atoms with E-state index < -0.39 is 6.04 Å². The first kappa shape index (κ1) is 14.8. The van der Waals surface area contributed by atoms with Crippen molar-refractivity contribution >= 4 is 11.8 Å². The number of likely N-dealkylation sites (tertiary alicyclic amines) is 1. The molecule has 1 aromatic rings. The number of hydrogen-bond acceptors (Lipinski definition) is 3. The van der Waals surface area contributed by atoms with Crippen molar-refractivity contribution in [2.45, 2.75) is 25.3 Å². The molecule has 0 spiro atoms. The average molecular weight is 303 g/mol. The fourth-order valence-electron chi connectivity index (χ4n) is 3.77. The van der Waals surface area contributed by atoms with Crippen LogP contribution in [0.25, 0.3) is 0 Å². The van der Waals surface area contributed by atoms with Crippen LogP contribution < -0.4 is 5.56 Å². The number of hydrogen-bond donors (Lipinski definition) is 0. The maximum atomic E-state index is 12.7. The quantitative estimate of drug-likeness (QED) is 0.756. The van der Waals surface area contributed by atoms with E-state index >= 15 is 0 Å². The molecule has 2 amide bonds. The van der Waals surface area contributed by atoms with Gasteiger partial charge in [0.05, 0.1) is 0 Å². The van der Waals surface area contributed by atoms with Gasteiger partial charge in [-0.1, -0.05) is 6.07 Å². The van der Waals surface area contributed by atoms with E-state index in [-0.39, 0.29) is 29.2 Å². The minimum atomic E-state index is -0.517. The van der Waals surface area contributed by atoms with Crippen molar-refractivity contribution in [1.29, 1.82) is 0 Å². The number of aromatic nitrogens is 1. The summed E-state index contributed by atoms with van der Waals surface area (Å²) in [5.41, 5.74) is 0.735. The molecule has 1 aromatic heterocycles. The molecule has 6 nitrogen and oxygen atoms in total. The Hall–Kier alpha value is -2.11. The Morgan fingerprint density at radius 1 is 1.23 bits per heavy atom. The van der Waals surface area contributed by atoms with Gasteiger partial charge in [-0.05, 0) is 12.5 Å². The van der Waals surface area contributed by atoms with Crippen LogP contribution in [0.1, 0.15) is 31.0 Å². The van der Waals surface area contributed by atoms with Gasteiger partial charge in [0.2, 0.25) is 11.8 Å². The standard InChI is InChI=1S/C16H21N3O3/c1-10(20)18-8-11-7-12(9-18)15(16(22)17(2)3)19-13(11)5-4-6-14(19)21/h4-6,11-12,15H,7-9H2,1-3H3/t11-,12+,15-/m1/s1. The van der Waals surface area contributed by atoms with Crippen LogP contribution >= 0.6 is 0 Å². The predicted molar refractivity (Wildman–Crippen MR) is 81.5 cm³/mol. The topological polar surface area (TPSA) is 62.6 Å².